The van der Waals surface area contributed by atoms with Gasteiger partial charge >= 0.3 is 0 Å². The van der Waals surface area contributed by atoms with E-state index in [1.165, 1.54) is 12.1 Å². The Balaban J connectivity index is 1.69. The van der Waals surface area contributed by atoms with Gasteiger partial charge in [0.25, 0.3) is 5.69 Å². The Morgan fingerprint density at radius 2 is 2.26 bits per heavy atom. The second-order valence-corrected chi connectivity index (χ2v) is 6.34. The molecule has 0 radical (unpaired) electrons. The van der Waals surface area contributed by atoms with Crippen molar-refractivity contribution < 1.29 is 14.5 Å². The number of nitro benzene ring substituents is 1. The lowest BCUT2D eigenvalue weighted by Gasteiger charge is -2.30. The average molecular weight is 318 g/mol. The minimum absolute atomic E-state index is 0.0455. The molecule has 3 rings (SSSR count). The van der Waals surface area contributed by atoms with Gasteiger partial charge in [-0.2, -0.15) is 0 Å². The number of non-ortho nitro benzene ring substituents is 1. The number of nitrogens with zero attached hydrogens (tertiary/aromatic N) is 2. The smallest absolute Gasteiger partial charge is 0.271 e. The van der Waals surface area contributed by atoms with Gasteiger partial charge in [-0.3, -0.25) is 14.9 Å². The molecule has 0 bridgehead atoms. The molecule has 6 nitrogen and oxygen atoms in total. The monoisotopic (exact) mass is 318 g/mol. The first-order valence-electron chi connectivity index (χ1n) is 8.30. The zero-order chi connectivity index (χ0) is 16.2. The Morgan fingerprint density at radius 3 is 3.00 bits per heavy atom. The van der Waals surface area contributed by atoms with Gasteiger partial charge in [-0.1, -0.05) is 6.07 Å². The first kappa shape index (κ1) is 15.9. The van der Waals surface area contributed by atoms with Crippen LogP contribution in [0.1, 0.15) is 37.7 Å². The second kappa shape index (κ2) is 7.08. The van der Waals surface area contributed by atoms with E-state index in [0.29, 0.717) is 18.9 Å². The topological polar surface area (TPSA) is 72.7 Å². The molecule has 1 saturated heterocycles. The summed E-state index contributed by atoms with van der Waals surface area (Å²) < 4.78 is 5.46. The summed E-state index contributed by atoms with van der Waals surface area (Å²) in [7, 11) is 0. The number of hydrogen-bond donors (Lipinski definition) is 0. The van der Waals surface area contributed by atoms with Gasteiger partial charge in [0, 0.05) is 38.3 Å². The zero-order valence-corrected chi connectivity index (χ0v) is 13.2. The van der Waals surface area contributed by atoms with Gasteiger partial charge in [-0.15, -0.1) is 0 Å². The molecule has 0 aromatic heterocycles. The molecule has 0 saturated carbocycles. The number of amides is 1. The van der Waals surface area contributed by atoms with Crippen molar-refractivity contribution in [1.29, 1.82) is 0 Å². The van der Waals surface area contributed by atoms with Crippen LogP contribution in [0, 0.1) is 16.0 Å². The fourth-order valence-corrected chi connectivity index (χ4v) is 3.43. The molecule has 6 heteroatoms. The van der Waals surface area contributed by atoms with Gasteiger partial charge in [0.05, 0.1) is 10.6 Å². The number of fused-ring (bicyclic) bond motifs is 1. The maximum Gasteiger partial charge on any atom is 0.271 e. The van der Waals surface area contributed by atoms with Crippen LogP contribution in [0.15, 0.2) is 18.2 Å². The van der Waals surface area contributed by atoms with Crippen LogP contribution in [0.4, 0.5) is 11.4 Å². The number of benzene rings is 1. The van der Waals surface area contributed by atoms with Crippen molar-refractivity contribution in [1.82, 2.24) is 0 Å². The van der Waals surface area contributed by atoms with Gasteiger partial charge in [0.2, 0.25) is 5.91 Å². The van der Waals surface area contributed by atoms with Crippen molar-refractivity contribution in [2.24, 2.45) is 5.92 Å². The number of rotatable bonds is 4. The fraction of sp³-hybridized carbons (Fsp3) is 0.588. The molecular formula is C17H22N2O4. The summed E-state index contributed by atoms with van der Waals surface area (Å²) in [6.45, 7) is 2.22. The largest absolute Gasteiger partial charge is 0.381 e. The van der Waals surface area contributed by atoms with Crippen LogP contribution >= 0.6 is 0 Å². The molecule has 1 aromatic rings. The van der Waals surface area contributed by atoms with Crippen LogP contribution in [0.2, 0.25) is 0 Å². The fourth-order valence-electron chi connectivity index (χ4n) is 3.43. The number of carbonyl (C=O) groups excluding carboxylic acids is 1. The summed E-state index contributed by atoms with van der Waals surface area (Å²) in [4.78, 5) is 24.9. The molecule has 23 heavy (non-hydrogen) atoms. The Bertz CT molecular complexity index is 596. The van der Waals surface area contributed by atoms with Crippen molar-refractivity contribution in [3.63, 3.8) is 0 Å². The number of ether oxygens (including phenoxy) is 1. The number of nitro groups is 1. The second-order valence-electron chi connectivity index (χ2n) is 6.34. The van der Waals surface area contributed by atoms with E-state index in [2.05, 4.69) is 0 Å². The van der Waals surface area contributed by atoms with Crippen LogP contribution in [0.25, 0.3) is 0 Å². The lowest BCUT2D eigenvalue weighted by atomic mass is 9.95. The SMILES string of the molecule is O=C(CCC1CCCOC1)N1CCCc2ccc([N+](=O)[O-])cc21. The third-order valence-electron chi connectivity index (χ3n) is 4.72. The molecular weight excluding hydrogens is 296 g/mol. The first-order chi connectivity index (χ1) is 11.1. The lowest BCUT2D eigenvalue weighted by Crippen LogP contribution is -2.35. The van der Waals surface area contributed by atoms with Gasteiger partial charge in [-0.05, 0) is 43.6 Å². The summed E-state index contributed by atoms with van der Waals surface area (Å²) >= 11 is 0. The van der Waals surface area contributed by atoms with Gasteiger partial charge < -0.3 is 9.64 Å². The molecule has 1 aromatic carbocycles. The van der Waals surface area contributed by atoms with Crippen molar-refractivity contribution >= 4 is 17.3 Å². The predicted molar refractivity (Wildman–Crippen MR) is 86.5 cm³/mol. The van der Waals surface area contributed by atoms with Crippen molar-refractivity contribution in [3.8, 4) is 0 Å². The summed E-state index contributed by atoms with van der Waals surface area (Å²) in [5.41, 5.74) is 1.79. The average Bonchev–Trinajstić information content (AvgIpc) is 2.59. The lowest BCUT2D eigenvalue weighted by molar-refractivity contribution is -0.384. The van der Waals surface area contributed by atoms with Crippen LogP contribution in [0.3, 0.4) is 0 Å². The van der Waals surface area contributed by atoms with E-state index >= 15 is 0 Å². The van der Waals surface area contributed by atoms with E-state index in [-0.39, 0.29) is 11.6 Å². The van der Waals surface area contributed by atoms with Crippen molar-refractivity contribution in [2.75, 3.05) is 24.7 Å². The third-order valence-corrected chi connectivity index (χ3v) is 4.72. The highest BCUT2D eigenvalue weighted by molar-refractivity contribution is 5.95. The van der Waals surface area contributed by atoms with E-state index in [0.717, 1.165) is 56.6 Å². The molecule has 0 spiro atoms. The van der Waals surface area contributed by atoms with E-state index in [1.54, 1.807) is 11.0 Å². The molecule has 1 amide bonds. The van der Waals surface area contributed by atoms with Crippen LogP contribution in [-0.4, -0.2) is 30.6 Å². The number of aryl methyl sites for hydroxylation is 1. The van der Waals surface area contributed by atoms with E-state index in [4.69, 9.17) is 4.74 Å². The van der Waals surface area contributed by atoms with E-state index in [9.17, 15) is 14.9 Å². The molecule has 1 fully saturated rings. The maximum absolute atomic E-state index is 12.6. The Labute approximate surface area is 135 Å². The van der Waals surface area contributed by atoms with E-state index in [1.807, 2.05) is 0 Å². The first-order valence-corrected chi connectivity index (χ1v) is 8.30. The van der Waals surface area contributed by atoms with Gasteiger partial charge in [-0.25, -0.2) is 0 Å². The Morgan fingerprint density at radius 1 is 1.39 bits per heavy atom. The highest BCUT2D eigenvalue weighted by Gasteiger charge is 2.25. The zero-order valence-electron chi connectivity index (χ0n) is 13.2. The Hall–Kier alpha value is -1.95. The number of anilines is 1. The molecule has 124 valence electrons. The molecule has 2 aliphatic heterocycles. The maximum atomic E-state index is 12.6. The van der Waals surface area contributed by atoms with Crippen molar-refractivity contribution in [3.05, 3.63) is 33.9 Å². The summed E-state index contributed by atoms with van der Waals surface area (Å²) in [5.74, 6) is 0.527. The molecule has 0 N–H and O–H groups in total. The molecule has 1 unspecified atom stereocenters. The normalized spacial score (nSPS) is 20.9. The van der Waals surface area contributed by atoms with Gasteiger partial charge in [0.15, 0.2) is 0 Å². The van der Waals surface area contributed by atoms with Crippen molar-refractivity contribution in [2.45, 2.75) is 38.5 Å². The molecule has 0 aliphatic carbocycles. The molecule has 2 heterocycles. The summed E-state index contributed by atoms with van der Waals surface area (Å²) in [6, 6.07) is 4.84. The highest BCUT2D eigenvalue weighted by atomic mass is 16.6. The minimum atomic E-state index is -0.406. The van der Waals surface area contributed by atoms with Crippen LogP contribution in [-0.2, 0) is 16.0 Å². The predicted octanol–water partition coefficient (Wildman–Crippen LogP) is 3.08. The highest BCUT2D eigenvalue weighted by Crippen LogP contribution is 2.32. The number of hydrogen-bond acceptors (Lipinski definition) is 4. The van der Waals surface area contributed by atoms with Gasteiger partial charge in [0.1, 0.15) is 0 Å². The summed E-state index contributed by atoms with van der Waals surface area (Å²) in [6.07, 6.45) is 5.28. The number of carbonyl (C=O) groups is 1. The molecule has 2 aliphatic rings. The summed E-state index contributed by atoms with van der Waals surface area (Å²) in [5, 5.41) is 11.0. The third kappa shape index (κ3) is 3.69. The minimum Gasteiger partial charge on any atom is -0.381 e. The molecule has 1 atom stereocenters. The Kier molecular flexibility index (Phi) is 4.91. The van der Waals surface area contributed by atoms with Crippen LogP contribution < -0.4 is 4.90 Å². The van der Waals surface area contributed by atoms with Crippen LogP contribution in [0.5, 0.6) is 0 Å². The standard InChI is InChI=1S/C17H22N2O4/c20-17(8-5-13-3-2-10-23-12-13)18-9-1-4-14-6-7-15(19(21)22)11-16(14)18/h6-7,11,13H,1-5,8-10,12H2. The van der Waals surface area contributed by atoms with E-state index < -0.39 is 4.92 Å². The quantitative estimate of drug-likeness (QED) is 0.631.